The van der Waals surface area contributed by atoms with Crippen molar-refractivity contribution in [1.82, 2.24) is 4.31 Å². The van der Waals surface area contributed by atoms with Crippen LogP contribution < -0.4 is 0 Å². The Kier molecular flexibility index (Phi) is 4.90. The van der Waals surface area contributed by atoms with Gasteiger partial charge in [0.1, 0.15) is 4.90 Å². The smallest absolute Gasteiger partial charge is 0.244 e. The third-order valence-electron chi connectivity index (χ3n) is 3.97. The molecule has 1 aromatic carbocycles. The van der Waals surface area contributed by atoms with Crippen LogP contribution in [-0.2, 0) is 16.6 Å². The summed E-state index contributed by atoms with van der Waals surface area (Å²) in [7, 11) is -3.66. The highest BCUT2D eigenvalue weighted by molar-refractivity contribution is 7.89. The van der Waals surface area contributed by atoms with Crippen molar-refractivity contribution in [2.45, 2.75) is 38.2 Å². The number of sulfonamides is 1. The fraction of sp³-hybridized carbons (Fsp3) is 0.571. The molecule has 2 rings (SSSR count). The van der Waals surface area contributed by atoms with Crippen molar-refractivity contribution in [3.05, 3.63) is 27.7 Å². The first kappa shape index (κ1) is 17.0. The van der Waals surface area contributed by atoms with Gasteiger partial charge < -0.3 is 5.11 Å². The summed E-state index contributed by atoms with van der Waals surface area (Å²) in [6, 6.07) is 2.73. The Labute approximate surface area is 135 Å². The summed E-state index contributed by atoms with van der Waals surface area (Å²) < 4.78 is 26.9. The van der Waals surface area contributed by atoms with Gasteiger partial charge >= 0.3 is 0 Å². The molecule has 0 radical (unpaired) electrons. The molecule has 1 aromatic rings. The maximum atomic E-state index is 12.7. The van der Waals surface area contributed by atoms with Crippen LogP contribution in [0.15, 0.2) is 17.0 Å². The fourth-order valence-electron chi connectivity index (χ4n) is 2.36. The Morgan fingerprint density at radius 1 is 1.19 bits per heavy atom. The Balaban J connectivity index is 2.36. The van der Waals surface area contributed by atoms with E-state index in [1.54, 1.807) is 0 Å². The van der Waals surface area contributed by atoms with E-state index in [4.69, 9.17) is 23.2 Å². The minimum absolute atomic E-state index is 0.0114. The fourth-order valence-corrected chi connectivity index (χ4v) is 4.63. The molecule has 0 aliphatic carbocycles. The average Bonchev–Trinajstić information content (AvgIpc) is 2.38. The summed E-state index contributed by atoms with van der Waals surface area (Å²) in [6.07, 6.45) is 1.62. The molecule has 0 unspecified atom stereocenters. The molecule has 0 bridgehead atoms. The minimum Gasteiger partial charge on any atom is -0.392 e. The van der Waals surface area contributed by atoms with Gasteiger partial charge in [-0.2, -0.15) is 4.31 Å². The molecule has 1 heterocycles. The number of rotatable bonds is 3. The molecule has 1 saturated heterocycles. The van der Waals surface area contributed by atoms with E-state index in [1.807, 2.05) is 0 Å². The van der Waals surface area contributed by atoms with Gasteiger partial charge in [0, 0.05) is 18.1 Å². The Morgan fingerprint density at radius 3 is 2.29 bits per heavy atom. The van der Waals surface area contributed by atoms with Crippen LogP contribution in [0.2, 0.25) is 10.0 Å². The Morgan fingerprint density at radius 2 is 1.76 bits per heavy atom. The van der Waals surface area contributed by atoms with Crippen molar-refractivity contribution in [3.8, 4) is 0 Å². The third-order valence-corrected chi connectivity index (χ3v) is 6.68. The van der Waals surface area contributed by atoms with Gasteiger partial charge in [-0.05, 0) is 36.0 Å². The van der Waals surface area contributed by atoms with E-state index in [-0.39, 0.29) is 27.0 Å². The Hall–Kier alpha value is -0.330. The van der Waals surface area contributed by atoms with E-state index in [9.17, 15) is 13.5 Å². The van der Waals surface area contributed by atoms with E-state index in [0.29, 0.717) is 18.7 Å². The molecule has 0 amide bonds. The van der Waals surface area contributed by atoms with Gasteiger partial charge in [-0.1, -0.05) is 37.0 Å². The predicted molar refractivity (Wildman–Crippen MR) is 84.2 cm³/mol. The second-order valence-electron chi connectivity index (χ2n) is 6.10. The molecule has 7 heteroatoms. The largest absolute Gasteiger partial charge is 0.392 e. The van der Waals surface area contributed by atoms with E-state index in [1.165, 1.54) is 16.4 Å². The van der Waals surface area contributed by atoms with Gasteiger partial charge in [-0.15, -0.1) is 0 Å². The normalized spacial score (nSPS) is 19.7. The highest BCUT2D eigenvalue weighted by Gasteiger charge is 2.34. The molecule has 1 aliphatic heterocycles. The highest BCUT2D eigenvalue weighted by atomic mass is 35.5. The molecule has 0 spiro atoms. The quantitative estimate of drug-likeness (QED) is 0.908. The molecule has 118 valence electrons. The van der Waals surface area contributed by atoms with Gasteiger partial charge in [0.25, 0.3) is 0 Å². The van der Waals surface area contributed by atoms with E-state index in [0.717, 1.165) is 12.8 Å². The molecular weight excluding hydrogens is 333 g/mol. The highest BCUT2D eigenvalue weighted by Crippen LogP contribution is 2.35. The number of aliphatic hydroxyl groups excluding tert-OH is 1. The van der Waals surface area contributed by atoms with Crippen LogP contribution in [0.5, 0.6) is 0 Å². The van der Waals surface area contributed by atoms with Crippen molar-refractivity contribution in [2.24, 2.45) is 5.41 Å². The van der Waals surface area contributed by atoms with Crippen LogP contribution in [0.25, 0.3) is 0 Å². The molecule has 0 aromatic heterocycles. The summed E-state index contributed by atoms with van der Waals surface area (Å²) in [4.78, 5) is 0.0114. The molecule has 1 N–H and O–H groups in total. The second-order valence-corrected chi connectivity index (χ2v) is 8.82. The molecule has 1 aliphatic rings. The van der Waals surface area contributed by atoms with Crippen LogP contribution in [0.3, 0.4) is 0 Å². The zero-order chi connectivity index (χ0) is 15.8. The van der Waals surface area contributed by atoms with E-state index < -0.39 is 10.0 Å². The van der Waals surface area contributed by atoms with Crippen molar-refractivity contribution >= 4 is 33.2 Å². The molecule has 4 nitrogen and oxygen atoms in total. The average molecular weight is 352 g/mol. The first-order valence-electron chi connectivity index (χ1n) is 6.76. The van der Waals surface area contributed by atoms with Gasteiger partial charge in [0.15, 0.2) is 0 Å². The number of aliphatic hydroxyl groups is 1. The zero-order valence-electron chi connectivity index (χ0n) is 12.1. The second kappa shape index (κ2) is 6.05. The van der Waals surface area contributed by atoms with Gasteiger partial charge in [0.05, 0.1) is 11.6 Å². The van der Waals surface area contributed by atoms with Crippen LogP contribution in [0.1, 0.15) is 32.3 Å². The third kappa shape index (κ3) is 3.54. The summed E-state index contributed by atoms with van der Waals surface area (Å²) in [5.41, 5.74) is 0.517. The zero-order valence-corrected chi connectivity index (χ0v) is 14.4. The van der Waals surface area contributed by atoms with Crippen molar-refractivity contribution in [1.29, 1.82) is 0 Å². The van der Waals surface area contributed by atoms with Crippen molar-refractivity contribution in [3.63, 3.8) is 0 Å². The monoisotopic (exact) mass is 351 g/mol. The minimum atomic E-state index is -3.66. The maximum Gasteiger partial charge on any atom is 0.244 e. The lowest BCUT2D eigenvalue weighted by Gasteiger charge is -2.36. The first-order chi connectivity index (χ1) is 9.67. The number of hydrogen-bond donors (Lipinski definition) is 1. The number of hydrogen-bond acceptors (Lipinski definition) is 3. The first-order valence-corrected chi connectivity index (χ1v) is 8.96. The van der Waals surface area contributed by atoms with Gasteiger partial charge in [-0.3, -0.25) is 0 Å². The SMILES string of the molecule is CC1(C)CCN(S(=O)(=O)c2cc(CO)c(Cl)cc2Cl)CC1. The van der Waals surface area contributed by atoms with E-state index >= 15 is 0 Å². The molecule has 0 atom stereocenters. The van der Waals surface area contributed by atoms with Gasteiger partial charge in [0.2, 0.25) is 10.0 Å². The molecule has 21 heavy (non-hydrogen) atoms. The molecule has 1 fully saturated rings. The van der Waals surface area contributed by atoms with Crippen molar-refractivity contribution < 1.29 is 13.5 Å². The lowest BCUT2D eigenvalue weighted by atomic mass is 9.83. The number of halogens is 2. The van der Waals surface area contributed by atoms with Crippen LogP contribution in [-0.4, -0.2) is 30.9 Å². The number of nitrogens with zero attached hydrogens (tertiary/aromatic N) is 1. The molecular formula is C14H19Cl2NO3S. The standard InChI is InChI=1S/C14H19Cl2NO3S/c1-14(2)3-5-17(6-4-14)21(19,20)13-7-10(9-18)11(15)8-12(13)16/h7-8,18H,3-6,9H2,1-2H3. The number of benzene rings is 1. The lowest BCUT2D eigenvalue weighted by molar-refractivity contribution is 0.196. The topological polar surface area (TPSA) is 57.6 Å². The Bertz CT molecular complexity index is 634. The maximum absolute atomic E-state index is 12.7. The van der Waals surface area contributed by atoms with Gasteiger partial charge in [-0.25, -0.2) is 8.42 Å². The summed E-state index contributed by atoms with van der Waals surface area (Å²) in [6.45, 7) is 4.89. The van der Waals surface area contributed by atoms with E-state index in [2.05, 4.69) is 13.8 Å². The lowest BCUT2D eigenvalue weighted by Crippen LogP contribution is -2.41. The summed E-state index contributed by atoms with van der Waals surface area (Å²) in [5, 5.41) is 9.59. The summed E-state index contributed by atoms with van der Waals surface area (Å²) in [5.74, 6) is 0. The molecule has 0 saturated carbocycles. The van der Waals surface area contributed by atoms with Crippen molar-refractivity contribution in [2.75, 3.05) is 13.1 Å². The summed E-state index contributed by atoms with van der Waals surface area (Å²) >= 11 is 12.0. The van der Waals surface area contributed by atoms with Crippen LogP contribution >= 0.6 is 23.2 Å². The van der Waals surface area contributed by atoms with Crippen LogP contribution in [0, 0.1) is 5.41 Å². The van der Waals surface area contributed by atoms with Crippen LogP contribution in [0.4, 0.5) is 0 Å². The predicted octanol–water partition coefficient (Wildman–Crippen LogP) is 3.30. The number of piperidine rings is 1.